The zero-order valence-electron chi connectivity index (χ0n) is 11.0. The Balaban J connectivity index is 2.08. The number of rotatable bonds is 6. The van der Waals surface area contributed by atoms with Crippen LogP contribution in [0.25, 0.3) is 0 Å². The molecule has 1 amide bonds. The van der Waals surface area contributed by atoms with Gasteiger partial charge in [-0.3, -0.25) is 4.79 Å². The summed E-state index contributed by atoms with van der Waals surface area (Å²) in [5.74, 6) is 0.857. The SMILES string of the molecule is NC(=O)C(N)CNc1ccccc1Oc1ccccc1. The van der Waals surface area contributed by atoms with E-state index in [1.165, 1.54) is 0 Å². The minimum Gasteiger partial charge on any atom is -0.455 e. The summed E-state index contributed by atoms with van der Waals surface area (Å²) in [5.41, 5.74) is 11.5. The number of amides is 1. The van der Waals surface area contributed by atoms with E-state index in [1.807, 2.05) is 54.6 Å². The van der Waals surface area contributed by atoms with E-state index in [-0.39, 0.29) is 6.54 Å². The van der Waals surface area contributed by atoms with Gasteiger partial charge in [0.2, 0.25) is 5.91 Å². The normalized spacial score (nSPS) is 11.7. The third-order valence-electron chi connectivity index (χ3n) is 2.74. The van der Waals surface area contributed by atoms with Gasteiger partial charge in [0, 0.05) is 6.54 Å². The molecule has 0 heterocycles. The van der Waals surface area contributed by atoms with Crippen LogP contribution < -0.4 is 21.5 Å². The number of carbonyl (C=O) groups is 1. The third kappa shape index (κ3) is 3.73. The molecule has 2 aromatic carbocycles. The number of nitrogens with two attached hydrogens (primary N) is 2. The van der Waals surface area contributed by atoms with Gasteiger partial charge in [-0.05, 0) is 24.3 Å². The summed E-state index contributed by atoms with van der Waals surface area (Å²) >= 11 is 0. The molecule has 5 nitrogen and oxygen atoms in total. The lowest BCUT2D eigenvalue weighted by molar-refractivity contribution is -0.118. The zero-order chi connectivity index (χ0) is 14.4. The molecule has 1 atom stereocenters. The summed E-state index contributed by atoms with van der Waals surface area (Å²) in [6.07, 6.45) is 0. The predicted octanol–water partition coefficient (Wildman–Crippen LogP) is 1.70. The molecule has 2 aromatic rings. The van der Waals surface area contributed by atoms with Crippen LogP contribution in [-0.2, 0) is 4.79 Å². The molecule has 0 aliphatic rings. The van der Waals surface area contributed by atoms with E-state index in [0.29, 0.717) is 5.75 Å². The summed E-state index contributed by atoms with van der Waals surface area (Å²) in [5, 5.41) is 3.06. The first-order valence-electron chi connectivity index (χ1n) is 6.27. The molecule has 5 N–H and O–H groups in total. The standard InChI is InChI=1S/C15H17N3O2/c16-12(15(17)19)10-18-13-8-4-5-9-14(13)20-11-6-2-1-3-7-11/h1-9,12,18H,10,16H2,(H2,17,19). The second kappa shape index (κ2) is 6.58. The molecule has 0 spiro atoms. The van der Waals surface area contributed by atoms with Gasteiger partial charge in [0.25, 0.3) is 0 Å². The molecule has 1 unspecified atom stereocenters. The van der Waals surface area contributed by atoms with Crippen LogP contribution in [0.15, 0.2) is 54.6 Å². The number of benzene rings is 2. The minimum absolute atomic E-state index is 0.254. The van der Waals surface area contributed by atoms with Crippen LogP contribution >= 0.6 is 0 Å². The second-order valence-corrected chi connectivity index (χ2v) is 4.30. The van der Waals surface area contributed by atoms with Crippen LogP contribution in [0.2, 0.25) is 0 Å². The van der Waals surface area contributed by atoms with Gasteiger partial charge in [-0.15, -0.1) is 0 Å². The molecular formula is C15H17N3O2. The molecule has 20 heavy (non-hydrogen) atoms. The fourth-order valence-electron chi connectivity index (χ4n) is 1.64. The number of ether oxygens (including phenoxy) is 1. The van der Waals surface area contributed by atoms with Crippen molar-refractivity contribution in [3.8, 4) is 11.5 Å². The van der Waals surface area contributed by atoms with E-state index < -0.39 is 11.9 Å². The van der Waals surface area contributed by atoms with Crippen molar-refractivity contribution in [2.24, 2.45) is 11.5 Å². The van der Waals surface area contributed by atoms with Gasteiger partial charge in [0.15, 0.2) is 5.75 Å². The van der Waals surface area contributed by atoms with E-state index in [1.54, 1.807) is 0 Å². The first-order valence-corrected chi connectivity index (χ1v) is 6.27. The lowest BCUT2D eigenvalue weighted by Gasteiger charge is -2.14. The minimum atomic E-state index is -0.736. The lowest BCUT2D eigenvalue weighted by Crippen LogP contribution is -2.41. The fourth-order valence-corrected chi connectivity index (χ4v) is 1.64. The Morgan fingerprint density at radius 3 is 2.45 bits per heavy atom. The topological polar surface area (TPSA) is 90.4 Å². The van der Waals surface area contributed by atoms with Crippen LogP contribution in [0.1, 0.15) is 0 Å². The summed E-state index contributed by atoms with van der Waals surface area (Å²) in [7, 11) is 0. The maximum absolute atomic E-state index is 10.9. The Morgan fingerprint density at radius 2 is 1.75 bits per heavy atom. The zero-order valence-corrected chi connectivity index (χ0v) is 11.0. The molecular weight excluding hydrogens is 254 g/mol. The molecule has 0 saturated carbocycles. The monoisotopic (exact) mass is 271 g/mol. The van der Waals surface area contributed by atoms with E-state index in [0.717, 1.165) is 11.4 Å². The largest absolute Gasteiger partial charge is 0.455 e. The molecule has 0 radical (unpaired) electrons. The van der Waals surface area contributed by atoms with Gasteiger partial charge >= 0.3 is 0 Å². The quantitative estimate of drug-likeness (QED) is 0.746. The van der Waals surface area contributed by atoms with E-state index in [9.17, 15) is 4.79 Å². The smallest absolute Gasteiger partial charge is 0.236 e. The van der Waals surface area contributed by atoms with Crippen molar-refractivity contribution in [1.82, 2.24) is 0 Å². The molecule has 0 fully saturated rings. The van der Waals surface area contributed by atoms with Crippen molar-refractivity contribution in [2.45, 2.75) is 6.04 Å². The van der Waals surface area contributed by atoms with Gasteiger partial charge < -0.3 is 21.5 Å². The Kier molecular flexibility index (Phi) is 4.57. The van der Waals surface area contributed by atoms with Crippen LogP contribution in [0.3, 0.4) is 0 Å². The first kappa shape index (κ1) is 13.9. The number of primary amides is 1. The van der Waals surface area contributed by atoms with Crippen molar-refractivity contribution in [2.75, 3.05) is 11.9 Å². The molecule has 5 heteroatoms. The fraction of sp³-hybridized carbons (Fsp3) is 0.133. The number of para-hydroxylation sites is 3. The average molecular weight is 271 g/mol. The number of anilines is 1. The van der Waals surface area contributed by atoms with Crippen LogP contribution in [-0.4, -0.2) is 18.5 Å². The highest BCUT2D eigenvalue weighted by atomic mass is 16.5. The highest BCUT2D eigenvalue weighted by Gasteiger charge is 2.10. The Hall–Kier alpha value is -2.53. The van der Waals surface area contributed by atoms with Crippen LogP contribution in [0.4, 0.5) is 5.69 Å². The molecule has 0 aliphatic heterocycles. The van der Waals surface area contributed by atoms with E-state index in [2.05, 4.69) is 5.32 Å². The van der Waals surface area contributed by atoms with Gasteiger partial charge in [-0.1, -0.05) is 30.3 Å². The van der Waals surface area contributed by atoms with Gasteiger partial charge in [0.1, 0.15) is 11.8 Å². The van der Waals surface area contributed by atoms with Gasteiger partial charge in [-0.2, -0.15) is 0 Å². The Morgan fingerprint density at radius 1 is 1.10 bits per heavy atom. The highest BCUT2D eigenvalue weighted by molar-refractivity contribution is 5.80. The Labute approximate surface area is 117 Å². The number of nitrogens with one attached hydrogen (secondary N) is 1. The van der Waals surface area contributed by atoms with E-state index >= 15 is 0 Å². The predicted molar refractivity (Wildman–Crippen MR) is 78.6 cm³/mol. The number of carbonyl (C=O) groups excluding carboxylic acids is 1. The van der Waals surface area contributed by atoms with Gasteiger partial charge in [0.05, 0.1) is 5.69 Å². The maximum Gasteiger partial charge on any atom is 0.236 e. The molecule has 0 bridgehead atoms. The van der Waals surface area contributed by atoms with Gasteiger partial charge in [-0.25, -0.2) is 0 Å². The van der Waals surface area contributed by atoms with Crippen LogP contribution in [0, 0.1) is 0 Å². The first-order chi connectivity index (χ1) is 9.66. The number of hydrogen-bond donors (Lipinski definition) is 3. The third-order valence-corrected chi connectivity index (χ3v) is 2.74. The van der Waals surface area contributed by atoms with Crippen LogP contribution in [0.5, 0.6) is 11.5 Å². The Bertz CT molecular complexity index is 572. The lowest BCUT2D eigenvalue weighted by atomic mass is 10.2. The van der Waals surface area contributed by atoms with Crippen molar-refractivity contribution < 1.29 is 9.53 Å². The highest BCUT2D eigenvalue weighted by Crippen LogP contribution is 2.28. The van der Waals surface area contributed by atoms with Crippen molar-refractivity contribution in [3.63, 3.8) is 0 Å². The molecule has 0 aliphatic carbocycles. The summed E-state index contributed by atoms with van der Waals surface area (Å²) in [4.78, 5) is 10.9. The van der Waals surface area contributed by atoms with Crippen molar-refractivity contribution in [3.05, 3.63) is 54.6 Å². The second-order valence-electron chi connectivity index (χ2n) is 4.30. The average Bonchev–Trinajstić information content (AvgIpc) is 2.47. The molecule has 2 rings (SSSR count). The summed E-state index contributed by atoms with van der Waals surface area (Å²) in [6, 6.07) is 16.1. The molecule has 104 valence electrons. The number of hydrogen-bond acceptors (Lipinski definition) is 4. The van der Waals surface area contributed by atoms with E-state index in [4.69, 9.17) is 16.2 Å². The molecule has 0 saturated heterocycles. The summed E-state index contributed by atoms with van der Waals surface area (Å²) in [6.45, 7) is 0.254. The summed E-state index contributed by atoms with van der Waals surface area (Å²) < 4.78 is 5.78. The maximum atomic E-state index is 10.9. The molecule has 0 aromatic heterocycles. The van der Waals surface area contributed by atoms with Crippen molar-refractivity contribution in [1.29, 1.82) is 0 Å². The van der Waals surface area contributed by atoms with Crippen molar-refractivity contribution >= 4 is 11.6 Å².